The molecule has 20 heavy (non-hydrogen) atoms. The van der Waals surface area contributed by atoms with E-state index in [4.69, 9.17) is 0 Å². The van der Waals surface area contributed by atoms with Crippen molar-refractivity contribution < 1.29 is 0 Å². The molecule has 0 aliphatic heterocycles. The second kappa shape index (κ2) is 1.55. The molecular formula is C20H22. The van der Waals surface area contributed by atoms with Crippen molar-refractivity contribution in [3.8, 4) is 0 Å². The van der Waals surface area contributed by atoms with Gasteiger partial charge in [0.05, 0.1) is 0 Å². The highest BCUT2D eigenvalue weighted by molar-refractivity contribution is 5.66. The van der Waals surface area contributed by atoms with Gasteiger partial charge in [-0.3, -0.25) is 0 Å². The summed E-state index contributed by atoms with van der Waals surface area (Å²) < 4.78 is 0. The van der Waals surface area contributed by atoms with Gasteiger partial charge < -0.3 is 0 Å². The molecule has 4 atom stereocenters. The molecule has 0 spiro atoms. The molecule has 0 heteroatoms. The number of hydrogen-bond donors (Lipinski definition) is 0. The minimum Gasteiger partial charge on any atom is -0.0596 e. The van der Waals surface area contributed by atoms with E-state index in [1.165, 1.54) is 76.9 Å². The van der Waals surface area contributed by atoms with Crippen molar-refractivity contribution >= 4 is 0 Å². The maximum Gasteiger partial charge on any atom is -0.00970 e. The third kappa shape index (κ3) is 0.294. The molecule has 12 fully saturated rings. The van der Waals surface area contributed by atoms with Gasteiger partial charge in [0.15, 0.2) is 0 Å². The van der Waals surface area contributed by atoms with E-state index in [0.29, 0.717) is 5.41 Å². The first-order chi connectivity index (χ1) is 9.60. The van der Waals surface area contributed by atoms with E-state index in [1.807, 2.05) is 0 Å². The molecule has 0 aromatic carbocycles. The first kappa shape index (κ1) is 8.59. The van der Waals surface area contributed by atoms with Crippen molar-refractivity contribution in [2.45, 2.75) is 20.8 Å². The topological polar surface area (TPSA) is 0 Å². The van der Waals surface area contributed by atoms with Gasteiger partial charge in [-0.2, -0.15) is 0 Å². The fourth-order valence-corrected chi connectivity index (χ4v) is 14.4. The molecular weight excluding hydrogens is 240 g/mol. The summed E-state index contributed by atoms with van der Waals surface area (Å²) in [6.45, 7) is 7.91. The van der Waals surface area contributed by atoms with E-state index in [9.17, 15) is 0 Å². The van der Waals surface area contributed by atoms with Crippen LogP contribution in [0.25, 0.3) is 0 Å². The molecule has 0 aromatic heterocycles. The Balaban J connectivity index is 1.29. The quantitative estimate of drug-likeness (QED) is 0.681. The molecule has 12 aliphatic carbocycles. The normalized spacial score (nSPS) is 102. The van der Waals surface area contributed by atoms with Crippen LogP contribution in [-0.2, 0) is 0 Å². The number of rotatable bonds is 1. The minimum atomic E-state index is 0.631. The lowest BCUT2D eigenvalue weighted by Gasteiger charge is -3.23. The fourth-order valence-electron chi connectivity index (χ4n) is 14.4. The molecule has 12 rings (SSSR count). The molecule has 0 N–H and O–H groups in total. The molecule has 0 heterocycles. The third-order valence-corrected chi connectivity index (χ3v) is 13.1. The summed E-state index contributed by atoms with van der Waals surface area (Å²) in [5, 5.41) is 0. The van der Waals surface area contributed by atoms with Gasteiger partial charge in [-0.1, -0.05) is 20.8 Å². The Labute approximate surface area is 120 Å². The SMILES string of the molecule is CC(C)(C)C12C3C4C5C3C1(C13C6C7C8C6C1C8C73)C5C42. The fraction of sp³-hybridized carbons (Fsp3) is 1.00. The molecule has 0 amide bonds. The Morgan fingerprint density at radius 2 is 1.00 bits per heavy atom. The zero-order chi connectivity index (χ0) is 12.5. The van der Waals surface area contributed by atoms with E-state index in [0.717, 1.165) is 16.2 Å². The lowest BCUT2D eigenvalue weighted by Crippen LogP contribution is -3.21. The average Bonchev–Trinajstić information content (AvgIpc) is 2.46. The van der Waals surface area contributed by atoms with Gasteiger partial charge in [-0.25, -0.2) is 0 Å². The van der Waals surface area contributed by atoms with Gasteiger partial charge in [-0.05, 0) is 98.6 Å². The maximum atomic E-state index is 2.64. The van der Waals surface area contributed by atoms with Crippen molar-refractivity contribution in [1.29, 1.82) is 0 Å². The maximum absolute atomic E-state index is 2.64. The highest BCUT2D eigenvalue weighted by Crippen LogP contribution is 3.22. The van der Waals surface area contributed by atoms with Crippen LogP contribution in [0.3, 0.4) is 0 Å². The lowest BCUT2D eigenvalue weighted by molar-refractivity contribution is -0.773. The van der Waals surface area contributed by atoms with E-state index in [2.05, 4.69) is 20.8 Å². The van der Waals surface area contributed by atoms with Crippen LogP contribution in [0, 0.1) is 98.6 Å². The van der Waals surface area contributed by atoms with Crippen LogP contribution in [0.2, 0.25) is 0 Å². The van der Waals surface area contributed by atoms with E-state index in [-0.39, 0.29) is 0 Å². The smallest absolute Gasteiger partial charge is 0.00970 e. The van der Waals surface area contributed by atoms with Crippen LogP contribution in [0.5, 0.6) is 0 Å². The summed E-state index contributed by atoms with van der Waals surface area (Å²) >= 11 is 0. The Bertz CT molecular complexity index is 665. The van der Waals surface area contributed by atoms with Gasteiger partial charge in [0.25, 0.3) is 0 Å². The number of hydrogen-bond acceptors (Lipinski definition) is 0. The monoisotopic (exact) mass is 262 g/mol. The van der Waals surface area contributed by atoms with Gasteiger partial charge in [0.1, 0.15) is 0 Å². The first-order valence-corrected chi connectivity index (χ1v) is 9.60. The zero-order valence-corrected chi connectivity index (χ0v) is 12.5. The van der Waals surface area contributed by atoms with Gasteiger partial charge in [-0.15, -0.1) is 0 Å². The molecule has 0 bridgehead atoms. The minimum absolute atomic E-state index is 0.631. The summed E-state index contributed by atoms with van der Waals surface area (Å²) in [5.41, 5.74) is 3.54. The average molecular weight is 262 g/mol. The van der Waals surface area contributed by atoms with Crippen molar-refractivity contribution in [1.82, 2.24) is 0 Å². The Morgan fingerprint density at radius 3 is 1.50 bits per heavy atom. The Hall–Kier alpha value is 0. The van der Waals surface area contributed by atoms with E-state index >= 15 is 0 Å². The predicted octanol–water partition coefficient (Wildman–Crippen LogP) is 3.14. The van der Waals surface area contributed by atoms with Gasteiger partial charge >= 0.3 is 0 Å². The highest BCUT2D eigenvalue weighted by atomic mass is 15.2. The Morgan fingerprint density at radius 1 is 0.550 bits per heavy atom. The molecule has 0 saturated heterocycles. The lowest BCUT2D eigenvalue weighted by atomic mass is 8.80. The largest absolute Gasteiger partial charge is 0.0596 e. The molecule has 12 aliphatic rings. The third-order valence-electron chi connectivity index (χ3n) is 13.1. The standard InChI is InChI=1S/C20H22/c1-17(2,3)19-13-8-9-15(13)20(19,16(9)14(8)19)18-10-5-4-6(10)12(18)7(4)11(5)18/h4-16H,1-3H3. The van der Waals surface area contributed by atoms with Crippen molar-refractivity contribution in [3.63, 3.8) is 0 Å². The van der Waals surface area contributed by atoms with Crippen LogP contribution in [-0.4, -0.2) is 0 Å². The van der Waals surface area contributed by atoms with Gasteiger partial charge in [0.2, 0.25) is 0 Å². The first-order valence-electron chi connectivity index (χ1n) is 9.60. The zero-order valence-electron chi connectivity index (χ0n) is 12.5. The van der Waals surface area contributed by atoms with Crippen LogP contribution >= 0.6 is 0 Å². The van der Waals surface area contributed by atoms with Crippen LogP contribution in [0.1, 0.15) is 20.8 Å². The second-order valence-corrected chi connectivity index (χ2v) is 12.1. The summed E-state index contributed by atoms with van der Waals surface area (Å²) in [5.74, 6) is 16.9. The molecule has 0 radical (unpaired) electrons. The van der Waals surface area contributed by atoms with E-state index in [1.54, 1.807) is 0 Å². The highest BCUT2D eigenvalue weighted by Gasteiger charge is 3.20. The molecule has 4 unspecified atom stereocenters. The van der Waals surface area contributed by atoms with Crippen LogP contribution < -0.4 is 0 Å². The second-order valence-electron chi connectivity index (χ2n) is 12.1. The molecule has 12 saturated carbocycles. The predicted molar refractivity (Wildman–Crippen MR) is 72.1 cm³/mol. The molecule has 0 nitrogen and oxygen atoms in total. The Kier molecular flexibility index (Phi) is 0.666. The van der Waals surface area contributed by atoms with Gasteiger partial charge in [0, 0.05) is 0 Å². The van der Waals surface area contributed by atoms with E-state index < -0.39 is 0 Å². The van der Waals surface area contributed by atoms with Crippen LogP contribution in [0.15, 0.2) is 0 Å². The van der Waals surface area contributed by atoms with Crippen molar-refractivity contribution in [2.75, 3.05) is 0 Å². The summed E-state index contributed by atoms with van der Waals surface area (Å²) in [6.07, 6.45) is 0. The molecule has 0 aromatic rings. The summed E-state index contributed by atoms with van der Waals surface area (Å²) in [6, 6.07) is 0. The van der Waals surface area contributed by atoms with Crippen molar-refractivity contribution in [2.24, 2.45) is 98.6 Å². The van der Waals surface area contributed by atoms with Crippen molar-refractivity contribution in [3.05, 3.63) is 0 Å². The van der Waals surface area contributed by atoms with Crippen LogP contribution in [0.4, 0.5) is 0 Å². The molecule has 102 valence electrons. The summed E-state index contributed by atoms with van der Waals surface area (Å²) in [4.78, 5) is 0. The summed E-state index contributed by atoms with van der Waals surface area (Å²) in [7, 11) is 0.